The summed E-state index contributed by atoms with van der Waals surface area (Å²) < 4.78 is 2.27. The Balaban J connectivity index is 2.25. The Labute approximate surface area is 80.0 Å². The quantitative estimate of drug-likeness (QED) is 0.696. The second-order valence-electron chi connectivity index (χ2n) is 3.86. The minimum Gasteiger partial charge on any atom is -0.266 e. The van der Waals surface area contributed by atoms with E-state index in [-0.39, 0.29) is 0 Å². The lowest BCUT2D eigenvalue weighted by molar-refractivity contribution is 0.281. The zero-order chi connectivity index (χ0) is 9.26. The van der Waals surface area contributed by atoms with Gasteiger partial charge < -0.3 is 0 Å². The average Bonchev–Trinajstić information content (AvgIpc) is 2.45. The first-order valence-corrected chi connectivity index (χ1v) is 5.42. The maximum Gasteiger partial charge on any atom is 0.0624 e. The van der Waals surface area contributed by atoms with E-state index in [1.54, 1.807) is 0 Å². The maximum atomic E-state index is 4.64. The number of rotatable bonds is 3. The molecule has 0 unspecified atom stereocenters. The van der Waals surface area contributed by atoms with E-state index >= 15 is 0 Å². The second kappa shape index (κ2) is 3.52. The molecule has 2 rings (SSSR count). The van der Waals surface area contributed by atoms with E-state index in [1.807, 2.05) is 0 Å². The van der Waals surface area contributed by atoms with E-state index < -0.39 is 0 Å². The lowest BCUT2D eigenvalue weighted by atomic mass is 9.93. The highest BCUT2D eigenvalue weighted by molar-refractivity contribution is 5.11. The van der Waals surface area contributed by atoms with Gasteiger partial charge in [-0.25, -0.2) is 0 Å². The van der Waals surface area contributed by atoms with Crippen LogP contribution in [-0.4, -0.2) is 9.78 Å². The summed E-state index contributed by atoms with van der Waals surface area (Å²) in [5, 5.41) is 4.64. The standard InChI is InChI=1S/C11H18N2/c1-3-9-8-10(4-2)13(12-9)11-6-5-7-11/h8,11H,3-7H2,1-2H3. The molecule has 1 heterocycles. The Morgan fingerprint density at radius 1 is 1.38 bits per heavy atom. The van der Waals surface area contributed by atoms with Crippen LogP contribution in [0.2, 0.25) is 0 Å². The molecule has 2 heteroatoms. The molecule has 1 aromatic rings. The Morgan fingerprint density at radius 3 is 2.62 bits per heavy atom. The molecule has 0 spiro atoms. The number of hydrogen-bond donors (Lipinski definition) is 0. The lowest BCUT2D eigenvalue weighted by Crippen LogP contribution is -2.20. The molecular formula is C11H18N2. The first-order chi connectivity index (χ1) is 6.35. The van der Waals surface area contributed by atoms with Gasteiger partial charge in [-0.15, -0.1) is 0 Å². The zero-order valence-electron chi connectivity index (χ0n) is 8.58. The molecule has 0 aliphatic heterocycles. The Kier molecular flexibility index (Phi) is 2.38. The highest BCUT2D eigenvalue weighted by atomic mass is 15.3. The van der Waals surface area contributed by atoms with Crippen LogP contribution < -0.4 is 0 Å². The molecule has 0 radical (unpaired) electrons. The maximum absolute atomic E-state index is 4.64. The van der Waals surface area contributed by atoms with E-state index in [4.69, 9.17) is 0 Å². The molecule has 1 aromatic heterocycles. The summed E-state index contributed by atoms with van der Waals surface area (Å²) in [5.41, 5.74) is 2.67. The number of aryl methyl sites for hydroxylation is 2. The number of hydrogen-bond acceptors (Lipinski definition) is 1. The molecule has 1 aliphatic carbocycles. The first-order valence-electron chi connectivity index (χ1n) is 5.42. The summed E-state index contributed by atoms with van der Waals surface area (Å²) in [6, 6.07) is 2.98. The van der Waals surface area contributed by atoms with Crippen LogP contribution in [-0.2, 0) is 12.8 Å². The number of aromatic nitrogens is 2. The third-order valence-electron chi connectivity index (χ3n) is 3.01. The molecular weight excluding hydrogens is 160 g/mol. The van der Waals surface area contributed by atoms with Gasteiger partial charge >= 0.3 is 0 Å². The molecule has 2 nitrogen and oxygen atoms in total. The molecule has 0 amide bonds. The molecule has 72 valence electrons. The lowest BCUT2D eigenvalue weighted by Gasteiger charge is -2.27. The van der Waals surface area contributed by atoms with E-state index in [9.17, 15) is 0 Å². The molecule has 1 aliphatic rings. The Hall–Kier alpha value is -0.790. The van der Waals surface area contributed by atoms with Gasteiger partial charge in [0, 0.05) is 5.69 Å². The van der Waals surface area contributed by atoms with Crippen LogP contribution in [0.5, 0.6) is 0 Å². The molecule has 0 atom stereocenters. The summed E-state index contributed by atoms with van der Waals surface area (Å²) in [6.07, 6.45) is 6.22. The average molecular weight is 178 g/mol. The predicted octanol–water partition coefficient (Wildman–Crippen LogP) is 2.73. The molecule has 0 N–H and O–H groups in total. The SMILES string of the molecule is CCc1cc(CC)n(C2CCC2)n1. The van der Waals surface area contributed by atoms with Gasteiger partial charge in [0.05, 0.1) is 11.7 Å². The van der Waals surface area contributed by atoms with E-state index in [1.165, 1.54) is 30.7 Å². The van der Waals surface area contributed by atoms with Crippen LogP contribution in [0.4, 0.5) is 0 Å². The Morgan fingerprint density at radius 2 is 2.15 bits per heavy atom. The molecule has 1 saturated carbocycles. The van der Waals surface area contributed by atoms with Crippen LogP contribution in [0.25, 0.3) is 0 Å². The Bertz CT molecular complexity index is 284. The van der Waals surface area contributed by atoms with Crippen molar-refractivity contribution in [3.63, 3.8) is 0 Å². The van der Waals surface area contributed by atoms with Gasteiger partial charge in [0.25, 0.3) is 0 Å². The van der Waals surface area contributed by atoms with E-state index in [2.05, 4.69) is 29.7 Å². The van der Waals surface area contributed by atoms with Gasteiger partial charge in [0.15, 0.2) is 0 Å². The van der Waals surface area contributed by atoms with Crippen molar-refractivity contribution in [3.05, 3.63) is 17.5 Å². The largest absolute Gasteiger partial charge is 0.266 e. The van der Waals surface area contributed by atoms with Gasteiger partial charge in [-0.2, -0.15) is 5.10 Å². The van der Waals surface area contributed by atoms with Crippen molar-refractivity contribution < 1.29 is 0 Å². The van der Waals surface area contributed by atoms with Crippen LogP contribution in [0.3, 0.4) is 0 Å². The third kappa shape index (κ3) is 1.50. The molecule has 0 bridgehead atoms. The predicted molar refractivity (Wildman–Crippen MR) is 53.9 cm³/mol. The topological polar surface area (TPSA) is 17.8 Å². The summed E-state index contributed by atoms with van der Waals surface area (Å²) in [7, 11) is 0. The van der Waals surface area contributed by atoms with Crippen LogP contribution in [0.1, 0.15) is 50.5 Å². The van der Waals surface area contributed by atoms with Gasteiger partial charge in [0.2, 0.25) is 0 Å². The van der Waals surface area contributed by atoms with Crippen LogP contribution >= 0.6 is 0 Å². The van der Waals surface area contributed by atoms with E-state index in [0.29, 0.717) is 0 Å². The highest BCUT2D eigenvalue weighted by Gasteiger charge is 2.22. The third-order valence-corrected chi connectivity index (χ3v) is 3.01. The van der Waals surface area contributed by atoms with Gasteiger partial charge in [-0.3, -0.25) is 4.68 Å². The van der Waals surface area contributed by atoms with Crippen molar-refractivity contribution in [1.82, 2.24) is 9.78 Å². The summed E-state index contributed by atoms with van der Waals surface area (Å²) in [5.74, 6) is 0. The first kappa shape index (κ1) is 8.79. The normalized spacial score (nSPS) is 17.4. The van der Waals surface area contributed by atoms with Gasteiger partial charge in [-0.05, 0) is 38.2 Å². The molecule has 1 fully saturated rings. The number of nitrogens with zero attached hydrogens (tertiary/aromatic N) is 2. The van der Waals surface area contributed by atoms with Crippen molar-refractivity contribution in [2.45, 2.75) is 52.0 Å². The fourth-order valence-electron chi connectivity index (χ4n) is 1.87. The molecule has 13 heavy (non-hydrogen) atoms. The monoisotopic (exact) mass is 178 g/mol. The summed E-state index contributed by atoms with van der Waals surface area (Å²) in [4.78, 5) is 0. The fraction of sp³-hybridized carbons (Fsp3) is 0.727. The van der Waals surface area contributed by atoms with Crippen LogP contribution in [0.15, 0.2) is 6.07 Å². The van der Waals surface area contributed by atoms with Crippen molar-refractivity contribution >= 4 is 0 Å². The van der Waals surface area contributed by atoms with Crippen molar-refractivity contribution in [2.75, 3.05) is 0 Å². The van der Waals surface area contributed by atoms with Crippen LogP contribution in [0, 0.1) is 0 Å². The van der Waals surface area contributed by atoms with Crippen molar-refractivity contribution in [1.29, 1.82) is 0 Å². The van der Waals surface area contributed by atoms with Crippen molar-refractivity contribution in [2.24, 2.45) is 0 Å². The second-order valence-corrected chi connectivity index (χ2v) is 3.86. The smallest absolute Gasteiger partial charge is 0.0624 e. The minimum absolute atomic E-state index is 0.718. The molecule has 0 saturated heterocycles. The highest BCUT2D eigenvalue weighted by Crippen LogP contribution is 2.32. The van der Waals surface area contributed by atoms with E-state index in [0.717, 1.165) is 18.9 Å². The molecule has 0 aromatic carbocycles. The summed E-state index contributed by atoms with van der Waals surface area (Å²) >= 11 is 0. The van der Waals surface area contributed by atoms with Gasteiger partial charge in [-0.1, -0.05) is 13.8 Å². The fourth-order valence-corrected chi connectivity index (χ4v) is 1.87. The summed E-state index contributed by atoms with van der Waals surface area (Å²) in [6.45, 7) is 4.39. The zero-order valence-corrected chi connectivity index (χ0v) is 8.58. The minimum atomic E-state index is 0.718. The van der Waals surface area contributed by atoms with Crippen molar-refractivity contribution in [3.8, 4) is 0 Å². The van der Waals surface area contributed by atoms with Gasteiger partial charge in [0.1, 0.15) is 0 Å².